The normalized spacial score (nSPS) is 22.3. The number of anilines is 1. The lowest BCUT2D eigenvalue weighted by Crippen LogP contribution is -2.60. The molecule has 0 aliphatic carbocycles. The molecule has 2 aliphatic rings. The van der Waals surface area contributed by atoms with Crippen molar-refractivity contribution in [3.8, 4) is 17.0 Å². The van der Waals surface area contributed by atoms with Gasteiger partial charge in [0.2, 0.25) is 5.91 Å². The number of nitrogens with one attached hydrogen (secondary N) is 2. The number of piperidine rings is 1. The lowest BCUT2D eigenvalue weighted by molar-refractivity contribution is -0.137. The minimum atomic E-state index is -4.53. The molecule has 2 saturated heterocycles. The Kier molecular flexibility index (Phi) is 5.27. The van der Waals surface area contributed by atoms with Gasteiger partial charge in [0.25, 0.3) is 0 Å². The zero-order valence-electron chi connectivity index (χ0n) is 16.3. The fourth-order valence-corrected chi connectivity index (χ4v) is 4.08. The summed E-state index contributed by atoms with van der Waals surface area (Å²) in [4.78, 5) is 14.1. The highest BCUT2D eigenvalue weighted by molar-refractivity contribution is 5.82. The number of aromatic hydroxyl groups is 1. The first-order valence-corrected chi connectivity index (χ1v) is 9.75. The number of hydrogen-bond donors (Lipinski definition) is 3. The third-order valence-corrected chi connectivity index (χ3v) is 5.60. The lowest BCUT2D eigenvalue weighted by atomic mass is 9.96. The van der Waals surface area contributed by atoms with Gasteiger partial charge in [-0.05, 0) is 49.6 Å². The van der Waals surface area contributed by atoms with Crippen molar-refractivity contribution in [2.45, 2.75) is 38.0 Å². The Hall–Kier alpha value is -2.88. The van der Waals surface area contributed by atoms with E-state index in [2.05, 4.69) is 25.7 Å². The van der Waals surface area contributed by atoms with Crippen molar-refractivity contribution >= 4 is 11.7 Å². The van der Waals surface area contributed by atoms with Gasteiger partial charge in [0.1, 0.15) is 11.6 Å². The first-order chi connectivity index (χ1) is 14.2. The Morgan fingerprint density at radius 1 is 1.23 bits per heavy atom. The van der Waals surface area contributed by atoms with Crippen LogP contribution in [0.4, 0.5) is 19.0 Å². The molecule has 0 saturated carbocycles. The molecule has 0 unspecified atom stereocenters. The van der Waals surface area contributed by atoms with Crippen molar-refractivity contribution < 1.29 is 23.1 Å². The number of phenolic OH excluding ortho intramolecular Hbond substituents is 1. The number of aryl methyl sites for hydroxylation is 1. The largest absolute Gasteiger partial charge is 0.507 e. The van der Waals surface area contributed by atoms with Gasteiger partial charge in [-0.1, -0.05) is 0 Å². The van der Waals surface area contributed by atoms with Crippen LogP contribution in [0.15, 0.2) is 24.3 Å². The summed E-state index contributed by atoms with van der Waals surface area (Å²) in [7, 11) is 0. The molecule has 0 radical (unpaired) electrons. The van der Waals surface area contributed by atoms with E-state index in [1.807, 2.05) is 0 Å². The molecule has 1 aromatic heterocycles. The number of fused-ring (bicyclic) bond motifs is 1. The van der Waals surface area contributed by atoms with Gasteiger partial charge >= 0.3 is 6.18 Å². The molecule has 0 spiro atoms. The second-order valence-electron chi connectivity index (χ2n) is 7.71. The zero-order chi connectivity index (χ0) is 21.5. The first-order valence-electron chi connectivity index (χ1n) is 9.75. The van der Waals surface area contributed by atoms with Crippen molar-refractivity contribution in [3.63, 3.8) is 0 Å². The Bertz CT molecular complexity index is 966. The van der Waals surface area contributed by atoms with Gasteiger partial charge in [-0.2, -0.15) is 13.2 Å². The highest BCUT2D eigenvalue weighted by atomic mass is 19.4. The maximum atomic E-state index is 12.8. The molecule has 160 valence electrons. The average Bonchev–Trinajstić information content (AvgIpc) is 2.68. The lowest BCUT2D eigenvalue weighted by Gasteiger charge is -2.41. The smallest absolute Gasteiger partial charge is 0.416 e. The van der Waals surface area contributed by atoms with Gasteiger partial charge in [0, 0.05) is 31.2 Å². The minimum Gasteiger partial charge on any atom is -0.507 e. The van der Waals surface area contributed by atoms with Crippen LogP contribution in [-0.2, 0) is 11.0 Å². The highest BCUT2D eigenvalue weighted by Gasteiger charge is 2.35. The molecule has 3 heterocycles. The van der Waals surface area contributed by atoms with Gasteiger partial charge < -0.3 is 15.7 Å². The third kappa shape index (κ3) is 4.04. The van der Waals surface area contributed by atoms with Crippen LogP contribution < -0.4 is 10.6 Å². The predicted octanol–water partition coefficient (Wildman–Crippen LogP) is 2.55. The first kappa shape index (κ1) is 20.4. The van der Waals surface area contributed by atoms with Crippen LogP contribution >= 0.6 is 0 Å². The SMILES string of the molecule is Cc1cc(N[C@@H]2CC[C@H]3C(=O)NCCN3C2)nnc1-c1ccc(C(F)(F)F)cc1O. The molecule has 7 nitrogen and oxygen atoms in total. The second kappa shape index (κ2) is 7.75. The summed E-state index contributed by atoms with van der Waals surface area (Å²) in [5.74, 6) is 0.133. The van der Waals surface area contributed by atoms with E-state index < -0.39 is 17.5 Å². The molecular weight excluding hydrogens is 399 g/mol. The van der Waals surface area contributed by atoms with Crippen LogP contribution in [0.1, 0.15) is 24.0 Å². The topological polar surface area (TPSA) is 90.4 Å². The van der Waals surface area contributed by atoms with Crippen LogP contribution in [0.3, 0.4) is 0 Å². The number of piperazine rings is 1. The number of amides is 1. The van der Waals surface area contributed by atoms with Crippen LogP contribution in [-0.4, -0.2) is 57.8 Å². The summed E-state index contributed by atoms with van der Waals surface area (Å²) in [6.45, 7) is 3.94. The number of aromatic nitrogens is 2. The summed E-state index contributed by atoms with van der Waals surface area (Å²) in [6, 6.07) is 4.60. The Morgan fingerprint density at radius 2 is 2.03 bits per heavy atom. The molecular formula is C20H22F3N5O2. The quantitative estimate of drug-likeness (QED) is 0.706. The molecule has 30 heavy (non-hydrogen) atoms. The number of hydrogen-bond acceptors (Lipinski definition) is 6. The van der Waals surface area contributed by atoms with E-state index >= 15 is 0 Å². The minimum absolute atomic E-state index is 0.0744. The predicted molar refractivity (Wildman–Crippen MR) is 104 cm³/mol. The van der Waals surface area contributed by atoms with E-state index in [-0.39, 0.29) is 23.6 Å². The summed E-state index contributed by atoms with van der Waals surface area (Å²) in [6.07, 6.45) is -2.96. The summed E-state index contributed by atoms with van der Waals surface area (Å²) in [5, 5.41) is 24.6. The molecule has 10 heteroatoms. The summed E-state index contributed by atoms with van der Waals surface area (Å²) in [5.41, 5.74) is 0.269. The van der Waals surface area contributed by atoms with Crippen LogP contribution in [0, 0.1) is 6.92 Å². The van der Waals surface area contributed by atoms with Crippen molar-refractivity contribution in [1.29, 1.82) is 0 Å². The van der Waals surface area contributed by atoms with Gasteiger partial charge in [0.05, 0.1) is 17.3 Å². The number of rotatable bonds is 3. The average molecular weight is 421 g/mol. The number of carbonyl (C=O) groups is 1. The standard InChI is InChI=1S/C20H22F3N5O2/c1-11-8-17(25-13-3-5-15-19(30)24-6-7-28(15)10-13)26-27-18(11)14-4-2-12(9-16(14)29)20(21,22)23/h2,4,8-9,13,15,29H,3,5-7,10H2,1H3,(H,24,30)(H,25,26)/t13-,15+/m1/s1. The number of nitrogens with zero attached hydrogens (tertiary/aromatic N) is 3. The maximum absolute atomic E-state index is 12.8. The summed E-state index contributed by atoms with van der Waals surface area (Å²) >= 11 is 0. The fraction of sp³-hybridized carbons (Fsp3) is 0.450. The number of halogens is 3. The van der Waals surface area contributed by atoms with E-state index in [4.69, 9.17) is 0 Å². The Morgan fingerprint density at radius 3 is 2.73 bits per heavy atom. The molecule has 3 N–H and O–H groups in total. The highest BCUT2D eigenvalue weighted by Crippen LogP contribution is 2.37. The van der Waals surface area contributed by atoms with Crippen molar-refractivity contribution in [2.75, 3.05) is 25.0 Å². The van der Waals surface area contributed by atoms with Gasteiger partial charge in [-0.15, -0.1) is 10.2 Å². The number of alkyl halides is 3. The molecule has 2 fully saturated rings. The molecule has 2 atom stereocenters. The number of phenols is 1. The van der Waals surface area contributed by atoms with Gasteiger partial charge in [0.15, 0.2) is 0 Å². The molecule has 2 aliphatic heterocycles. The third-order valence-electron chi connectivity index (χ3n) is 5.60. The van der Waals surface area contributed by atoms with E-state index in [9.17, 15) is 23.1 Å². The Balaban J connectivity index is 1.48. The Labute approximate surface area is 171 Å². The van der Waals surface area contributed by atoms with Crippen LogP contribution in [0.5, 0.6) is 5.75 Å². The van der Waals surface area contributed by atoms with Gasteiger partial charge in [-0.3, -0.25) is 9.69 Å². The summed E-state index contributed by atoms with van der Waals surface area (Å²) < 4.78 is 38.4. The van der Waals surface area contributed by atoms with Crippen molar-refractivity contribution in [2.24, 2.45) is 0 Å². The number of benzene rings is 1. The number of carbonyl (C=O) groups excluding carboxylic acids is 1. The van der Waals surface area contributed by atoms with Crippen molar-refractivity contribution in [3.05, 3.63) is 35.4 Å². The van der Waals surface area contributed by atoms with Crippen molar-refractivity contribution in [1.82, 2.24) is 20.4 Å². The van der Waals surface area contributed by atoms with E-state index in [0.29, 0.717) is 29.7 Å². The second-order valence-corrected chi connectivity index (χ2v) is 7.71. The molecule has 1 amide bonds. The van der Waals surface area contributed by atoms with Crippen LogP contribution in [0.2, 0.25) is 0 Å². The maximum Gasteiger partial charge on any atom is 0.416 e. The molecule has 0 bridgehead atoms. The van der Waals surface area contributed by atoms with E-state index in [1.54, 1.807) is 13.0 Å². The van der Waals surface area contributed by atoms with E-state index in [0.717, 1.165) is 32.0 Å². The monoisotopic (exact) mass is 421 g/mol. The molecule has 2 aromatic rings. The zero-order valence-corrected chi connectivity index (χ0v) is 16.3. The fourth-order valence-electron chi connectivity index (χ4n) is 4.08. The molecule has 1 aromatic carbocycles. The van der Waals surface area contributed by atoms with Gasteiger partial charge in [-0.25, -0.2) is 0 Å². The van der Waals surface area contributed by atoms with E-state index in [1.165, 1.54) is 6.07 Å². The molecule has 4 rings (SSSR count). The van der Waals surface area contributed by atoms with Crippen LogP contribution in [0.25, 0.3) is 11.3 Å².